The fourth-order valence-corrected chi connectivity index (χ4v) is 3.57. The van der Waals surface area contributed by atoms with E-state index >= 15 is 0 Å². The molecule has 1 heterocycles. The third-order valence-corrected chi connectivity index (χ3v) is 4.95. The van der Waals surface area contributed by atoms with Crippen molar-refractivity contribution in [3.8, 4) is 0 Å². The summed E-state index contributed by atoms with van der Waals surface area (Å²) in [6.45, 7) is 3.54. The summed E-state index contributed by atoms with van der Waals surface area (Å²) < 4.78 is 1.77. The Kier molecular flexibility index (Phi) is 7.10. The van der Waals surface area contributed by atoms with E-state index in [4.69, 9.17) is 0 Å². The van der Waals surface area contributed by atoms with Crippen molar-refractivity contribution in [1.29, 1.82) is 0 Å². The number of rotatable bonds is 5. The Labute approximate surface area is 155 Å². The normalized spacial score (nSPS) is 24.9. The highest BCUT2D eigenvalue weighted by molar-refractivity contribution is 14.0. The molecule has 0 aromatic carbocycles. The monoisotopic (exact) mass is 432 g/mol. The van der Waals surface area contributed by atoms with E-state index in [1.165, 1.54) is 38.5 Å². The zero-order valence-electron chi connectivity index (χ0n) is 14.2. The first-order chi connectivity index (χ1) is 10.8. The number of aliphatic imine (C=N–C) groups is 1. The molecule has 0 amide bonds. The van der Waals surface area contributed by atoms with Gasteiger partial charge in [-0.15, -0.1) is 24.0 Å². The number of aromatic nitrogens is 3. The highest BCUT2D eigenvalue weighted by Crippen LogP contribution is 2.44. The molecule has 130 valence electrons. The van der Waals surface area contributed by atoms with Crippen LogP contribution in [0, 0.1) is 11.8 Å². The second kappa shape index (κ2) is 8.84. The van der Waals surface area contributed by atoms with E-state index in [1.54, 1.807) is 11.0 Å². The van der Waals surface area contributed by atoms with Crippen LogP contribution in [-0.4, -0.2) is 33.3 Å². The van der Waals surface area contributed by atoms with Gasteiger partial charge < -0.3 is 10.6 Å². The van der Waals surface area contributed by atoms with E-state index in [-0.39, 0.29) is 24.0 Å². The van der Waals surface area contributed by atoms with Gasteiger partial charge in [0.1, 0.15) is 18.7 Å². The lowest BCUT2D eigenvalue weighted by atomic mass is 9.85. The van der Waals surface area contributed by atoms with Crippen molar-refractivity contribution in [2.24, 2.45) is 23.9 Å². The summed E-state index contributed by atoms with van der Waals surface area (Å²) in [4.78, 5) is 8.87. The van der Waals surface area contributed by atoms with Crippen molar-refractivity contribution < 1.29 is 0 Å². The molecule has 0 bridgehead atoms. The van der Waals surface area contributed by atoms with Gasteiger partial charge in [0.05, 0.1) is 0 Å². The second-order valence-corrected chi connectivity index (χ2v) is 6.54. The zero-order chi connectivity index (χ0) is 15.4. The molecule has 2 N–H and O–H groups in total. The predicted molar refractivity (Wildman–Crippen MR) is 103 cm³/mol. The summed E-state index contributed by atoms with van der Waals surface area (Å²) in [5.41, 5.74) is 0. The van der Waals surface area contributed by atoms with Crippen molar-refractivity contribution in [3.63, 3.8) is 0 Å². The van der Waals surface area contributed by atoms with Crippen molar-refractivity contribution in [1.82, 2.24) is 25.4 Å². The van der Waals surface area contributed by atoms with Crippen molar-refractivity contribution >= 4 is 29.9 Å². The average molecular weight is 432 g/mol. The number of hydrogen-bond acceptors (Lipinski definition) is 3. The Hall–Kier alpha value is -0.860. The van der Waals surface area contributed by atoms with E-state index in [2.05, 4.69) is 32.6 Å². The van der Waals surface area contributed by atoms with Gasteiger partial charge in [-0.05, 0) is 25.2 Å². The molecule has 0 spiro atoms. The summed E-state index contributed by atoms with van der Waals surface area (Å²) in [5.74, 6) is 3.59. The molecule has 3 rings (SSSR count). The van der Waals surface area contributed by atoms with E-state index < -0.39 is 0 Å². The van der Waals surface area contributed by atoms with Crippen LogP contribution in [0.1, 0.15) is 51.3 Å². The summed E-state index contributed by atoms with van der Waals surface area (Å²) in [7, 11) is 1.90. The van der Waals surface area contributed by atoms with Gasteiger partial charge in [0, 0.05) is 19.6 Å². The van der Waals surface area contributed by atoms with Crippen LogP contribution < -0.4 is 10.6 Å². The molecular weight excluding hydrogens is 403 g/mol. The first kappa shape index (κ1) is 18.5. The van der Waals surface area contributed by atoms with Crippen LogP contribution in [-0.2, 0) is 13.6 Å². The highest BCUT2D eigenvalue weighted by Gasteiger charge is 2.43. The van der Waals surface area contributed by atoms with Gasteiger partial charge in [-0.25, -0.2) is 9.98 Å². The van der Waals surface area contributed by atoms with E-state index in [1.807, 2.05) is 7.05 Å². The number of guanidine groups is 1. The Bertz CT molecular complexity index is 508. The maximum atomic E-state index is 4.65. The molecule has 7 heteroatoms. The van der Waals surface area contributed by atoms with Crippen molar-refractivity contribution in [3.05, 3.63) is 12.2 Å². The minimum absolute atomic E-state index is 0. The van der Waals surface area contributed by atoms with Crippen molar-refractivity contribution in [2.75, 3.05) is 6.54 Å². The predicted octanol–water partition coefficient (Wildman–Crippen LogP) is 2.46. The van der Waals surface area contributed by atoms with Gasteiger partial charge in [0.25, 0.3) is 0 Å². The van der Waals surface area contributed by atoms with E-state index in [0.717, 1.165) is 30.2 Å². The minimum atomic E-state index is 0. The van der Waals surface area contributed by atoms with Gasteiger partial charge in [-0.3, -0.25) is 4.68 Å². The van der Waals surface area contributed by atoms with Gasteiger partial charge in [0.2, 0.25) is 0 Å². The van der Waals surface area contributed by atoms with Crippen LogP contribution in [0.5, 0.6) is 0 Å². The lowest BCUT2D eigenvalue weighted by Gasteiger charge is -2.22. The summed E-state index contributed by atoms with van der Waals surface area (Å²) in [6.07, 6.45) is 10.0. The molecule has 0 radical (unpaired) electrons. The highest BCUT2D eigenvalue weighted by atomic mass is 127. The van der Waals surface area contributed by atoms with Gasteiger partial charge in [-0.2, -0.15) is 5.10 Å². The maximum Gasteiger partial charge on any atom is 0.191 e. The first-order valence-electron chi connectivity index (χ1n) is 8.65. The largest absolute Gasteiger partial charge is 0.357 e. The molecule has 6 nitrogen and oxygen atoms in total. The lowest BCUT2D eigenvalue weighted by Crippen LogP contribution is -2.39. The summed E-state index contributed by atoms with van der Waals surface area (Å²) in [5, 5.41) is 11.0. The van der Waals surface area contributed by atoms with Gasteiger partial charge in [-0.1, -0.05) is 32.1 Å². The van der Waals surface area contributed by atoms with Crippen LogP contribution in [0.4, 0.5) is 0 Å². The molecule has 2 saturated carbocycles. The Morgan fingerprint density at radius 3 is 2.78 bits per heavy atom. The Morgan fingerprint density at radius 1 is 1.35 bits per heavy atom. The summed E-state index contributed by atoms with van der Waals surface area (Å²) >= 11 is 0. The third kappa shape index (κ3) is 5.06. The smallest absolute Gasteiger partial charge is 0.191 e. The van der Waals surface area contributed by atoms with Gasteiger partial charge >= 0.3 is 0 Å². The van der Waals surface area contributed by atoms with Crippen LogP contribution in [0.3, 0.4) is 0 Å². The molecule has 2 atom stereocenters. The Balaban J connectivity index is 0.00000192. The summed E-state index contributed by atoms with van der Waals surface area (Å²) in [6, 6.07) is 0.611. The average Bonchev–Trinajstić information content (AvgIpc) is 3.19. The fourth-order valence-electron chi connectivity index (χ4n) is 3.57. The topological polar surface area (TPSA) is 67.1 Å². The van der Waals surface area contributed by atoms with Crippen LogP contribution in [0.2, 0.25) is 0 Å². The third-order valence-electron chi connectivity index (χ3n) is 4.95. The SMILES string of the molecule is CCNC(=NCc1ncnn1C)NC1CC1C1CCCCC1.I. The molecule has 0 saturated heterocycles. The van der Waals surface area contributed by atoms with E-state index in [0.29, 0.717) is 12.6 Å². The number of hydrogen-bond donors (Lipinski definition) is 2. The number of aryl methyl sites for hydroxylation is 1. The molecule has 23 heavy (non-hydrogen) atoms. The molecule has 2 unspecified atom stereocenters. The quantitative estimate of drug-likeness (QED) is 0.426. The minimum Gasteiger partial charge on any atom is -0.357 e. The standard InChI is InChI=1S/C16H28N6.HI/c1-3-17-16(18-10-15-19-11-20-22(15)2)21-14-9-13(14)12-7-5-4-6-8-12;/h11-14H,3-10H2,1-2H3,(H2,17,18,21);1H. The lowest BCUT2D eigenvalue weighted by molar-refractivity contribution is 0.315. The zero-order valence-corrected chi connectivity index (χ0v) is 16.5. The molecular formula is C16H29IN6. The second-order valence-electron chi connectivity index (χ2n) is 6.54. The number of nitrogens with one attached hydrogen (secondary N) is 2. The molecule has 1 aromatic heterocycles. The van der Waals surface area contributed by atoms with Crippen molar-refractivity contribution in [2.45, 2.75) is 58.0 Å². The van der Waals surface area contributed by atoms with Crippen LogP contribution >= 0.6 is 24.0 Å². The molecule has 0 aliphatic heterocycles. The van der Waals surface area contributed by atoms with Gasteiger partial charge in [0.15, 0.2) is 5.96 Å². The molecule has 2 aliphatic rings. The molecule has 2 fully saturated rings. The Morgan fingerprint density at radius 2 is 2.13 bits per heavy atom. The molecule has 2 aliphatic carbocycles. The molecule has 1 aromatic rings. The van der Waals surface area contributed by atoms with Crippen LogP contribution in [0.15, 0.2) is 11.3 Å². The number of halogens is 1. The fraction of sp³-hybridized carbons (Fsp3) is 0.812. The van der Waals surface area contributed by atoms with E-state index in [9.17, 15) is 0 Å². The van der Waals surface area contributed by atoms with Crippen LogP contribution in [0.25, 0.3) is 0 Å². The number of nitrogens with zero attached hydrogens (tertiary/aromatic N) is 4. The first-order valence-corrected chi connectivity index (χ1v) is 8.65. The maximum absolute atomic E-state index is 4.65.